The van der Waals surface area contributed by atoms with Crippen molar-refractivity contribution >= 4 is 17.3 Å². The molecule has 0 spiro atoms. The van der Waals surface area contributed by atoms with E-state index in [4.69, 9.17) is 0 Å². The number of para-hydroxylation sites is 2. The number of benzene rings is 2. The van der Waals surface area contributed by atoms with Gasteiger partial charge in [-0.1, -0.05) is 18.2 Å². The molecule has 2 aromatic carbocycles. The minimum Gasteiger partial charge on any atom is -0.367 e. The number of aromatic nitrogens is 1. The Bertz CT molecular complexity index is 1030. The van der Waals surface area contributed by atoms with Crippen molar-refractivity contribution in [3.05, 3.63) is 89.5 Å². The normalized spacial score (nSPS) is 14.5. The lowest BCUT2D eigenvalue weighted by atomic mass is 10.1. The van der Waals surface area contributed by atoms with Gasteiger partial charge in [0.1, 0.15) is 5.82 Å². The molecule has 6 heteroatoms. The summed E-state index contributed by atoms with van der Waals surface area (Å²) in [6, 6.07) is 16.5. The van der Waals surface area contributed by atoms with Crippen LogP contribution in [-0.4, -0.2) is 48.5 Å². The fourth-order valence-electron chi connectivity index (χ4n) is 3.83. The zero-order valence-electron chi connectivity index (χ0n) is 17.7. The molecule has 4 rings (SSSR count). The predicted octanol–water partition coefficient (Wildman–Crippen LogP) is 4.15. The molecule has 0 atom stereocenters. The van der Waals surface area contributed by atoms with E-state index >= 15 is 0 Å². The zero-order chi connectivity index (χ0) is 21.6. The van der Waals surface area contributed by atoms with Crippen molar-refractivity contribution in [1.29, 1.82) is 0 Å². The van der Waals surface area contributed by atoms with Gasteiger partial charge in [0.25, 0.3) is 5.91 Å². The van der Waals surface area contributed by atoms with Crippen LogP contribution in [0.15, 0.2) is 67.0 Å². The van der Waals surface area contributed by atoms with Gasteiger partial charge in [-0.15, -0.1) is 0 Å². The molecule has 1 N–H and O–H groups in total. The molecular weight excluding hydrogens is 391 g/mol. The summed E-state index contributed by atoms with van der Waals surface area (Å²) in [5.74, 6) is -0.675. The number of hydrogen-bond donors (Lipinski definition) is 1. The predicted molar refractivity (Wildman–Crippen MR) is 122 cm³/mol. The van der Waals surface area contributed by atoms with E-state index in [-0.39, 0.29) is 11.7 Å². The Morgan fingerprint density at radius 1 is 1.03 bits per heavy atom. The number of halogens is 1. The molecule has 1 aliphatic rings. The number of nitrogens with one attached hydrogen (secondary N) is 1. The third-order valence-electron chi connectivity index (χ3n) is 5.77. The summed E-state index contributed by atoms with van der Waals surface area (Å²) in [7, 11) is 0. The summed E-state index contributed by atoms with van der Waals surface area (Å²) < 4.78 is 13.9. The lowest BCUT2D eigenvalue weighted by Gasteiger charge is -2.37. The minimum absolute atomic E-state index is 0.303. The zero-order valence-corrected chi connectivity index (χ0v) is 17.7. The van der Waals surface area contributed by atoms with E-state index in [1.165, 1.54) is 11.6 Å². The first kappa shape index (κ1) is 21.0. The highest BCUT2D eigenvalue weighted by atomic mass is 19.1. The van der Waals surface area contributed by atoms with E-state index < -0.39 is 0 Å². The van der Waals surface area contributed by atoms with Gasteiger partial charge in [-0.05, 0) is 60.9 Å². The Kier molecular flexibility index (Phi) is 6.57. The summed E-state index contributed by atoms with van der Waals surface area (Å²) >= 11 is 0. The standard InChI is InChI=1S/C25H27FN4O/c1-19-6-7-21(18-22(19)26)25(31)28-23-4-2-3-5-24(23)30-16-14-29(15-17-30)13-10-20-8-11-27-12-9-20/h2-9,11-12,18H,10,13-17H2,1H3,(H,28,31). The fraction of sp³-hybridized carbons (Fsp3) is 0.280. The second-order valence-electron chi connectivity index (χ2n) is 7.87. The molecule has 5 nitrogen and oxygen atoms in total. The van der Waals surface area contributed by atoms with Gasteiger partial charge in [0.2, 0.25) is 0 Å². The molecule has 31 heavy (non-hydrogen) atoms. The number of hydrogen-bond acceptors (Lipinski definition) is 4. The molecule has 1 aliphatic heterocycles. The molecule has 0 unspecified atom stereocenters. The van der Waals surface area contributed by atoms with Crippen LogP contribution in [0.5, 0.6) is 0 Å². The van der Waals surface area contributed by atoms with Crippen LogP contribution < -0.4 is 10.2 Å². The molecule has 3 aromatic rings. The van der Waals surface area contributed by atoms with E-state index in [1.807, 2.05) is 36.7 Å². The average Bonchev–Trinajstić information content (AvgIpc) is 2.81. The highest BCUT2D eigenvalue weighted by molar-refractivity contribution is 6.06. The van der Waals surface area contributed by atoms with Gasteiger partial charge in [-0.25, -0.2) is 4.39 Å². The quantitative estimate of drug-likeness (QED) is 0.654. The van der Waals surface area contributed by atoms with Gasteiger partial charge in [0.15, 0.2) is 0 Å². The van der Waals surface area contributed by atoms with Gasteiger partial charge in [-0.2, -0.15) is 0 Å². The van der Waals surface area contributed by atoms with Crippen molar-refractivity contribution in [2.24, 2.45) is 0 Å². The van der Waals surface area contributed by atoms with Crippen LogP contribution in [0.25, 0.3) is 0 Å². The number of carbonyl (C=O) groups is 1. The molecule has 2 heterocycles. The molecule has 0 bridgehead atoms. The molecule has 1 aromatic heterocycles. The molecule has 160 valence electrons. The van der Waals surface area contributed by atoms with Gasteiger partial charge >= 0.3 is 0 Å². The Morgan fingerprint density at radius 2 is 1.77 bits per heavy atom. The van der Waals surface area contributed by atoms with Gasteiger partial charge in [0, 0.05) is 50.7 Å². The van der Waals surface area contributed by atoms with Crippen LogP contribution in [-0.2, 0) is 6.42 Å². The summed E-state index contributed by atoms with van der Waals surface area (Å²) in [4.78, 5) is 21.5. The van der Waals surface area contributed by atoms with Crippen LogP contribution in [0, 0.1) is 12.7 Å². The highest BCUT2D eigenvalue weighted by Crippen LogP contribution is 2.27. The number of anilines is 2. The maximum Gasteiger partial charge on any atom is 0.255 e. The van der Waals surface area contributed by atoms with Crippen molar-refractivity contribution in [1.82, 2.24) is 9.88 Å². The van der Waals surface area contributed by atoms with Crippen LogP contribution in [0.2, 0.25) is 0 Å². The van der Waals surface area contributed by atoms with E-state index in [2.05, 4.69) is 32.2 Å². The number of aryl methyl sites for hydroxylation is 1. The third kappa shape index (κ3) is 5.27. The van der Waals surface area contributed by atoms with Crippen LogP contribution >= 0.6 is 0 Å². The Morgan fingerprint density at radius 3 is 2.52 bits per heavy atom. The van der Waals surface area contributed by atoms with Crippen molar-refractivity contribution in [2.75, 3.05) is 42.9 Å². The first-order chi connectivity index (χ1) is 15.1. The summed E-state index contributed by atoms with van der Waals surface area (Å²) in [5, 5.41) is 2.96. The maximum atomic E-state index is 13.9. The Labute approximate surface area is 182 Å². The molecule has 1 fully saturated rings. The van der Waals surface area contributed by atoms with E-state index in [0.29, 0.717) is 11.1 Å². The topological polar surface area (TPSA) is 48.5 Å². The summed E-state index contributed by atoms with van der Waals surface area (Å²) in [6.07, 6.45) is 4.69. The molecule has 0 saturated carbocycles. The molecule has 0 aliphatic carbocycles. The molecule has 0 radical (unpaired) electrons. The van der Waals surface area contributed by atoms with Crippen molar-refractivity contribution in [3.63, 3.8) is 0 Å². The number of rotatable bonds is 6. The maximum absolute atomic E-state index is 13.9. The highest BCUT2D eigenvalue weighted by Gasteiger charge is 2.20. The van der Waals surface area contributed by atoms with Crippen molar-refractivity contribution < 1.29 is 9.18 Å². The monoisotopic (exact) mass is 418 g/mol. The van der Waals surface area contributed by atoms with Crippen molar-refractivity contribution in [2.45, 2.75) is 13.3 Å². The smallest absolute Gasteiger partial charge is 0.255 e. The molecular formula is C25H27FN4O. The molecule has 1 amide bonds. The first-order valence-corrected chi connectivity index (χ1v) is 10.6. The Hall–Kier alpha value is -3.25. The fourth-order valence-corrected chi connectivity index (χ4v) is 3.83. The van der Waals surface area contributed by atoms with Crippen molar-refractivity contribution in [3.8, 4) is 0 Å². The lowest BCUT2D eigenvalue weighted by molar-refractivity contribution is 0.102. The third-order valence-corrected chi connectivity index (χ3v) is 5.77. The second kappa shape index (κ2) is 9.71. The number of pyridine rings is 1. The Balaban J connectivity index is 1.37. The molecule has 1 saturated heterocycles. The SMILES string of the molecule is Cc1ccc(C(=O)Nc2ccccc2N2CCN(CCc3ccncc3)CC2)cc1F. The number of carbonyl (C=O) groups excluding carboxylic acids is 1. The van der Waals surface area contributed by atoms with E-state index in [0.717, 1.165) is 50.5 Å². The number of amides is 1. The van der Waals surface area contributed by atoms with Gasteiger partial charge < -0.3 is 10.2 Å². The van der Waals surface area contributed by atoms with E-state index in [1.54, 1.807) is 19.1 Å². The second-order valence-corrected chi connectivity index (χ2v) is 7.87. The van der Waals surface area contributed by atoms with Crippen LogP contribution in [0.4, 0.5) is 15.8 Å². The van der Waals surface area contributed by atoms with Crippen LogP contribution in [0.3, 0.4) is 0 Å². The summed E-state index contributed by atoms with van der Waals surface area (Å²) in [6.45, 7) is 6.43. The van der Waals surface area contributed by atoms with E-state index in [9.17, 15) is 9.18 Å². The number of piperazine rings is 1. The summed E-state index contributed by atoms with van der Waals surface area (Å²) in [5.41, 5.74) is 3.89. The largest absolute Gasteiger partial charge is 0.367 e. The first-order valence-electron chi connectivity index (χ1n) is 10.6. The minimum atomic E-state index is -0.371. The lowest BCUT2D eigenvalue weighted by Crippen LogP contribution is -2.47. The van der Waals surface area contributed by atoms with Crippen LogP contribution in [0.1, 0.15) is 21.5 Å². The average molecular weight is 419 g/mol. The number of nitrogens with zero attached hydrogens (tertiary/aromatic N) is 3. The van der Waals surface area contributed by atoms with Gasteiger partial charge in [0.05, 0.1) is 11.4 Å². The van der Waals surface area contributed by atoms with Gasteiger partial charge in [-0.3, -0.25) is 14.7 Å².